The van der Waals surface area contributed by atoms with Gasteiger partial charge in [-0.05, 0) is 20.2 Å². The summed E-state index contributed by atoms with van der Waals surface area (Å²) in [5.41, 5.74) is 1.75. The number of nitrogens with one attached hydrogen (secondary N) is 1. The second-order valence-electron chi connectivity index (χ2n) is 6.08. The minimum absolute atomic E-state index is 0.108. The summed E-state index contributed by atoms with van der Waals surface area (Å²) in [5.74, 6) is 1.14. The molecule has 126 valence electrons. The van der Waals surface area contributed by atoms with E-state index >= 15 is 0 Å². The molecule has 2 heterocycles. The highest BCUT2D eigenvalue weighted by Crippen LogP contribution is 2.21. The van der Waals surface area contributed by atoms with Crippen molar-refractivity contribution < 1.29 is 9.21 Å². The van der Waals surface area contributed by atoms with Gasteiger partial charge in [0.05, 0.1) is 18.3 Å². The van der Waals surface area contributed by atoms with Gasteiger partial charge in [-0.15, -0.1) is 0 Å². The number of aryl methyl sites for hydroxylation is 1. The molecule has 0 saturated carbocycles. The van der Waals surface area contributed by atoms with Crippen LogP contribution in [0.3, 0.4) is 0 Å². The van der Waals surface area contributed by atoms with E-state index in [9.17, 15) is 4.79 Å². The van der Waals surface area contributed by atoms with Gasteiger partial charge in [0, 0.05) is 37.1 Å². The zero-order valence-corrected chi connectivity index (χ0v) is 14.2. The largest absolute Gasteiger partial charge is 0.444 e. The molecule has 6 nitrogen and oxygen atoms in total. The van der Waals surface area contributed by atoms with Crippen molar-refractivity contribution in [1.82, 2.24) is 19.8 Å². The molecule has 1 N–H and O–H groups in total. The Morgan fingerprint density at radius 1 is 1.33 bits per heavy atom. The molecule has 0 spiro atoms. The van der Waals surface area contributed by atoms with Crippen LogP contribution < -0.4 is 5.32 Å². The number of hydrogen-bond donors (Lipinski definition) is 1. The molecule has 0 bridgehead atoms. The molecule has 0 atom stereocenters. The number of aromatic nitrogens is 2. The highest BCUT2D eigenvalue weighted by atomic mass is 16.4. The average Bonchev–Trinajstić information content (AvgIpc) is 3.14. The van der Waals surface area contributed by atoms with E-state index in [4.69, 9.17) is 4.42 Å². The van der Waals surface area contributed by atoms with Crippen LogP contribution in [-0.4, -0.2) is 41.0 Å². The van der Waals surface area contributed by atoms with Crippen molar-refractivity contribution in [3.8, 4) is 0 Å². The molecule has 0 unspecified atom stereocenters. The first-order valence-corrected chi connectivity index (χ1v) is 7.96. The van der Waals surface area contributed by atoms with E-state index in [2.05, 4.69) is 19.8 Å². The van der Waals surface area contributed by atoms with Crippen molar-refractivity contribution in [3.63, 3.8) is 0 Å². The van der Waals surface area contributed by atoms with Crippen LogP contribution in [0.1, 0.15) is 22.0 Å². The van der Waals surface area contributed by atoms with Crippen LogP contribution in [0.2, 0.25) is 0 Å². The highest BCUT2D eigenvalue weighted by Gasteiger charge is 2.15. The fourth-order valence-corrected chi connectivity index (χ4v) is 2.67. The van der Waals surface area contributed by atoms with Gasteiger partial charge in [-0.1, -0.05) is 18.2 Å². The van der Waals surface area contributed by atoms with Gasteiger partial charge in [0.1, 0.15) is 5.76 Å². The van der Waals surface area contributed by atoms with E-state index in [-0.39, 0.29) is 5.91 Å². The second-order valence-corrected chi connectivity index (χ2v) is 6.08. The Bertz CT molecular complexity index is 848. The minimum atomic E-state index is -0.108. The molecule has 0 aliphatic heterocycles. The summed E-state index contributed by atoms with van der Waals surface area (Å²) in [6, 6.07) is 7.97. The van der Waals surface area contributed by atoms with Gasteiger partial charge in [0.25, 0.3) is 5.91 Å². The lowest BCUT2D eigenvalue weighted by Crippen LogP contribution is -2.22. The number of carbonyl (C=O) groups excluding carboxylic acids is 1. The Morgan fingerprint density at radius 2 is 2.12 bits per heavy atom. The van der Waals surface area contributed by atoms with Gasteiger partial charge in [-0.3, -0.25) is 4.79 Å². The topological polar surface area (TPSA) is 63.3 Å². The SMILES string of the molecule is Cc1ncc(CNC(=O)c2cn(CCN(C)C)c3ccccc23)o1. The van der Waals surface area contributed by atoms with E-state index < -0.39 is 0 Å². The summed E-state index contributed by atoms with van der Waals surface area (Å²) >= 11 is 0. The quantitative estimate of drug-likeness (QED) is 0.756. The fourth-order valence-electron chi connectivity index (χ4n) is 2.67. The van der Waals surface area contributed by atoms with Gasteiger partial charge in [0.2, 0.25) is 0 Å². The zero-order valence-electron chi connectivity index (χ0n) is 14.2. The van der Waals surface area contributed by atoms with E-state index in [0.717, 1.165) is 24.0 Å². The predicted molar refractivity (Wildman–Crippen MR) is 92.9 cm³/mol. The summed E-state index contributed by atoms with van der Waals surface area (Å²) < 4.78 is 7.52. The van der Waals surface area contributed by atoms with Crippen LogP contribution in [0.4, 0.5) is 0 Å². The predicted octanol–water partition coefficient (Wildman–Crippen LogP) is 2.43. The Hall–Kier alpha value is -2.60. The maximum Gasteiger partial charge on any atom is 0.253 e. The van der Waals surface area contributed by atoms with E-state index in [1.54, 1.807) is 13.1 Å². The number of fused-ring (bicyclic) bond motifs is 1. The van der Waals surface area contributed by atoms with Crippen LogP contribution in [-0.2, 0) is 13.1 Å². The third-order valence-electron chi connectivity index (χ3n) is 3.91. The maximum absolute atomic E-state index is 12.6. The molecule has 0 aliphatic carbocycles. The van der Waals surface area contributed by atoms with Gasteiger partial charge >= 0.3 is 0 Å². The van der Waals surface area contributed by atoms with Crippen molar-refractivity contribution in [2.24, 2.45) is 0 Å². The highest BCUT2D eigenvalue weighted by molar-refractivity contribution is 6.06. The van der Waals surface area contributed by atoms with Crippen LogP contribution in [0.5, 0.6) is 0 Å². The van der Waals surface area contributed by atoms with Gasteiger partial charge in [0.15, 0.2) is 5.89 Å². The first-order chi connectivity index (χ1) is 11.5. The Morgan fingerprint density at radius 3 is 2.83 bits per heavy atom. The lowest BCUT2D eigenvalue weighted by atomic mass is 10.1. The van der Waals surface area contributed by atoms with Crippen molar-refractivity contribution >= 4 is 16.8 Å². The number of nitrogens with zero attached hydrogens (tertiary/aromatic N) is 3. The molecule has 3 aromatic rings. The summed E-state index contributed by atoms with van der Waals surface area (Å²) in [5, 5.41) is 3.86. The minimum Gasteiger partial charge on any atom is -0.444 e. The van der Waals surface area contributed by atoms with Crippen molar-refractivity contribution in [1.29, 1.82) is 0 Å². The van der Waals surface area contributed by atoms with Gasteiger partial charge < -0.3 is 19.2 Å². The zero-order chi connectivity index (χ0) is 17.1. The van der Waals surface area contributed by atoms with Crippen molar-refractivity contribution in [3.05, 3.63) is 53.9 Å². The molecule has 24 heavy (non-hydrogen) atoms. The summed E-state index contributed by atoms with van der Waals surface area (Å²) in [6.45, 7) is 3.86. The number of hydrogen-bond acceptors (Lipinski definition) is 4. The Kier molecular flexibility index (Phi) is 4.66. The van der Waals surface area contributed by atoms with E-state index in [1.165, 1.54) is 0 Å². The lowest BCUT2D eigenvalue weighted by molar-refractivity contribution is 0.0949. The molecule has 1 amide bonds. The second kappa shape index (κ2) is 6.88. The monoisotopic (exact) mass is 326 g/mol. The smallest absolute Gasteiger partial charge is 0.253 e. The molecule has 2 aromatic heterocycles. The maximum atomic E-state index is 12.6. The fraction of sp³-hybridized carbons (Fsp3) is 0.333. The van der Waals surface area contributed by atoms with Gasteiger partial charge in [-0.25, -0.2) is 4.98 Å². The van der Waals surface area contributed by atoms with Crippen LogP contribution in [0, 0.1) is 6.92 Å². The Labute approximate surface area is 141 Å². The molecule has 1 aromatic carbocycles. The van der Waals surface area contributed by atoms with Crippen LogP contribution in [0.25, 0.3) is 10.9 Å². The number of rotatable bonds is 6. The third-order valence-corrected chi connectivity index (χ3v) is 3.91. The molecule has 0 fully saturated rings. The molecule has 6 heteroatoms. The van der Waals surface area contributed by atoms with E-state index in [0.29, 0.717) is 23.8 Å². The van der Waals surface area contributed by atoms with Gasteiger partial charge in [-0.2, -0.15) is 0 Å². The van der Waals surface area contributed by atoms with E-state index in [1.807, 2.05) is 44.6 Å². The van der Waals surface area contributed by atoms with Crippen LogP contribution >= 0.6 is 0 Å². The molecule has 0 radical (unpaired) electrons. The molecule has 3 rings (SSSR count). The number of amides is 1. The molecule has 0 saturated heterocycles. The average molecular weight is 326 g/mol. The number of likely N-dealkylation sites (N-methyl/N-ethyl adjacent to an activating group) is 1. The molecular weight excluding hydrogens is 304 g/mol. The number of carbonyl (C=O) groups is 1. The Balaban J connectivity index is 1.81. The third kappa shape index (κ3) is 3.49. The van der Waals surface area contributed by atoms with Crippen molar-refractivity contribution in [2.75, 3.05) is 20.6 Å². The first-order valence-electron chi connectivity index (χ1n) is 7.96. The molecule has 0 aliphatic rings. The lowest BCUT2D eigenvalue weighted by Gasteiger charge is -2.10. The number of para-hydroxylation sites is 1. The standard InChI is InChI=1S/C18H22N4O2/c1-13-19-10-14(24-13)11-20-18(23)16-12-22(9-8-21(2)3)17-7-5-4-6-15(16)17/h4-7,10,12H,8-9,11H2,1-3H3,(H,20,23). The number of benzene rings is 1. The summed E-state index contributed by atoms with van der Waals surface area (Å²) in [7, 11) is 4.08. The molecular formula is C18H22N4O2. The summed E-state index contributed by atoms with van der Waals surface area (Å²) in [6.07, 6.45) is 3.56. The summed E-state index contributed by atoms with van der Waals surface area (Å²) in [4.78, 5) is 18.8. The van der Waals surface area contributed by atoms with Crippen molar-refractivity contribution in [2.45, 2.75) is 20.0 Å². The number of oxazole rings is 1. The first kappa shape index (κ1) is 16.3. The van der Waals surface area contributed by atoms with Crippen LogP contribution in [0.15, 0.2) is 41.1 Å². The normalized spacial score (nSPS) is 11.3.